The quantitative estimate of drug-likeness (QED) is 0.908. The summed E-state index contributed by atoms with van der Waals surface area (Å²) in [7, 11) is 0. The number of halogens is 2. The lowest BCUT2D eigenvalue weighted by atomic mass is 10.1. The van der Waals surface area contributed by atoms with Crippen molar-refractivity contribution in [2.24, 2.45) is 5.92 Å². The van der Waals surface area contributed by atoms with E-state index in [1.54, 1.807) is 12.1 Å². The van der Waals surface area contributed by atoms with Crippen LogP contribution in [0.15, 0.2) is 18.2 Å². The van der Waals surface area contributed by atoms with Crippen LogP contribution >= 0.6 is 11.6 Å². The van der Waals surface area contributed by atoms with Crippen LogP contribution in [-0.4, -0.2) is 30.6 Å². The average Bonchev–Trinajstić information content (AvgIpc) is 2.76. The van der Waals surface area contributed by atoms with Crippen molar-refractivity contribution in [3.05, 3.63) is 34.7 Å². The minimum atomic E-state index is -0.494. The second-order valence-corrected chi connectivity index (χ2v) is 5.00. The van der Waals surface area contributed by atoms with Crippen LogP contribution in [0.3, 0.4) is 0 Å². The molecule has 0 aliphatic carbocycles. The number of fused-ring (bicyclic) bond motifs is 1. The lowest BCUT2D eigenvalue weighted by Gasteiger charge is -2.25. The fourth-order valence-corrected chi connectivity index (χ4v) is 2.22. The monoisotopic (exact) mass is 282 g/mol. The Labute approximate surface area is 113 Å². The summed E-state index contributed by atoms with van der Waals surface area (Å²) in [5, 5.41) is 3.35. The zero-order chi connectivity index (χ0) is 13.4. The largest absolute Gasteiger partial charge is 0.381 e. The lowest BCUT2D eigenvalue weighted by Crippen LogP contribution is -2.39. The van der Waals surface area contributed by atoms with Crippen molar-refractivity contribution in [2.45, 2.75) is 0 Å². The summed E-state index contributed by atoms with van der Waals surface area (Å²) in [5.41, 5.74) is 1.02. The summed E-state index contributed by atoms with van der Waals surface area (Å²) in [6.45, 7) is 1.95. The first-order chi connectivity index (χ1) is 9.15. The third kappa shape index (κ3) is 2.31. The standard InChI is InChI=1S/C13H12ClFN2O2/c14-12-8-3-11(17-10(8)2-1-9(12)15)13(18)16-4-7-5-19-6-7/h1-3,7,17H,4-6H2,(H,16,18). The molecular formula is C13H12ClFN2O2. The maximum atomic E-state index is 13.3. The van der Waals surface area contributed by atoms with Gasteiger partial charge >= 0.3 is 0 Å². The molecule has 0 atom stereocenters. The Bertz CT molecular complexity index is 637. The number of carbonyl (C=O) groups excluding carboxylic acids is 1. The fourth-order valence-electron chi connectivity index (χ4n) is 2.00. The zero-order valence-corrected chi connectivity index (χ0v) is 10.8. The van der Waals surface area contributed by atoms with Crippen LogP contribution in [0.25, 0.3) is 10.9 Å². The molecule has 1 fully saturated rings. The molecule has 0 saturated carbocycles. The van der Waals surface area contributed by atoms with Crippen LogP contribution in [0, 0.1) is 11.7 Å². The number of benzene rings is 1. The molecule has 2 aromatic rings. The molecule has 100 valence electrons. The van der Waals surface area contributed by atoms with Gasteiger partial charge in [0.2, 0.25) is 0 Å². The third-order valence-corrected chi connectivity index (χ3v) is 3.58. The third-order valence-electron chi connectivity index (χ3n) is 3.19. The van der Waals surface area contributed by atoms with Crippen LogP contribution in [0.4, 0.5) is 4.39 Å². The Morgan fingerprint density at radius 2 is 2.32 bits per heavy atom. The van der Waals surface area contributed by atoms with E-state index in [-0.39, 0.29) is 10.9 Å². The average molecular weight is 283 g/mol. The van der Waals surface area contributed by atoms with Gasteiger partial charge in [0.15, 0.2) is 0 Å². The Kier molecular flexibility index (Phi) is 3.16. The molecule has 4 nitrogen and oxygen atoms in total. The number of hydrogen-bond acceptors (Lipinski definition) is 2. The van der Waals surface area contributed by atoms with E-state index in [0.717, 1.165) is 0 Å². The number of aromatic amines is 1. The van der Waals surface area contributed by atoms with Gasteiger partial charge in [0.05, 0.1) is 18.2 Å². The topological polar surface area (TPSA) is 54.1 Å². The summed E-state index contributed by atoms with van der Waals surface area (Å²) in [6.07, 6.45) is 0. The molecule has 19 heavy (non-hydrogen) atoms. The maximum Gasteiger partial charge on any atom is 0.267 e. The molecule has 1 aromatic carbocycles. The van der Waals surface area contributed by atoms with Crippen LogP contribution in [-0.2, 0) is 4.74 Å². The minimum Gasteiger partial charge on any atom is -0.381 e. The molecule has 1 amide bonds. The van der Waals surface area contributed by atoms with Crippen molar-refractivity contribution >= 4 is 28.4 Å². The van der Waals surface area contributed by atoms with Gasteiger partial charge in [-0.05, 0) is 18.2 Å². The number of hydrogen-bond donors (Lipinski definition) is 2. The highest BCUT2D eigenvalue weighted by molar-refractivity contribution is 6.35. The smallest absolute Gasteiger partial charge is 0.267 e. The molecule has 0 spiro atoms. The van der Waals surface area contributed by atoms with Crippen molar-refractivity contribution < 1.29 is 13.9 Å². The normalized spacial score (nSPS) is 15.5. The highest BCUT2D eigenvalue weighted by Crippen LogP contribution is 2.26. The van der Waals surface area contributed by atoms with Crippen LogP contribution < -0.4 is 5.32 Å². The highest BCUT2D eigenvalue weighted by Gasteiger charge is 2.20. The molecule has 1 aromatic heterocycles. The SMILES string of the molecule is O=C(NCC1COC1)c1cc2c(Cl)c(F)ccc2[nH]1. The van der Waals surface area contributed by atoms with Crippen LogP contribution in [0.2, 0.25) is 5.02 Å². The second kappa shape index (κ2) is 4.83. The number of carbonyl (C=O) groups is 1. The molecule has 1 aliphatic heterocycles. The van der Waals surface area contributed by atoms with Crippen molar-refractivity contribution in [3.63, 3.8) is 0 Å². The van der Waals surface area contributed by atoms with Crippen molar-refractivity contribution in [1.82, 2.24) is 10.3 Å². The van der Waals surface area contributed by atoms with E-state index >= 15 is 0 Å². The predicted molar refractivity (Wildman–Crippen MR) is 69.9 cm³/mol. The van der Waals surface area contributed by atoms with Gasteiger partial charge < -0.3 is 15.0 Å². The molecule has 1 aliphatic rings. The minimum absolute atomic E-state index is 0.0280. The van der Waals surface area contributed by atoms with E-state index in [9.17, 15) is 9.18 Å². The number of ether oxygens (including phenoxy) is 1. The van der Waals surface area contributed by atoms with Gasteiger partial charge in [-0.15, -0.1) is 0 Å². The summed E-state index contributed by atoms with van der Waals surface area (Å²) in [6, 6.07) is 4.40. The van der Waals surface area contributed by atoms with E-state index in [0.29, 0.717) is 42.3 Å². The molecule has 2 heterocycles. The molecular weight excluding hydrogens is 271 g/mol. The maximum absolute atomic E-state index is 13.3. The molecule has 0 radical (unpaired) electrons. The molecule has 1 saturated heterocycles. The Morgan fingerprint density at radius 3 is 3.00 bits per heavy atom. The van der Waals surface area contributed by atoms with Crippen molar-refractivity contribution in [1.29, 1.82) is 0 Å². The van der Waals surface area contributed by atoms with Crippen LogP contribution in [0.1, 0.15) is 10.5 Å². The Balaban J connectivity index is 1.80. The Morgan fingerprint density at radius 1 is 1.53 bits per heavy atom. The van der Waals surface area contributed by atoms with Crippen molar-refractivity contribution in [3.8, 4) is 0 Å². The number of aromatic nitrogens is 1. The summed E-state index contributed by atoms with van der Waals surface area (Å²) in [5.74, 6) is -0.333. The first kappa shape index (κ1) is 12.4. The van der Waals surface area contributed by atoms with E-state index in [4.69, 9.17) is 16.3 Å². The zero-order valence-electron chi connectivity index (χ0n) is 10.0. The van der Waals surface area contributed by atoms with E-state index in [1.165, 1.54) is 6.07 Å². The van der Waals surface area contributed by atoms with E-state index in [2.05, 4.69) is 10.3 Å². The van der Waals surface area contributed by atoms with Crippen molar-refractivity contribution in [2.75, 3.05) is 19.8 Å². The van der Waals surface area contributed by atoms with E-state index < -0.39 is 5.82 Å². The summed E-state index contributed by atoms with van der Waals surface area (Å²) in [4.78, 5) is 14.9. The van der Waals surface area contributed by atoms with Crippen LogP contribution in [0.5, 0.6) is 0 Å². The predicted octanol–water partition coefficient (Wildman–Crippen LogP) is 2.34. The highest BCUT2D eigenvalue weighted by atomic mass is 35.5. The van der Waals surface area contributed by atoms with Gasteiger partial charge in [-0.2, -0.15) is 0 Å². The number of nitrogens with one attached hydrogen (secondary N) is 2. The van der Waals surface area contributed by atoms with Gasteiger partial charge in [-0.3, -0.25) is 4.79 Å². The number of rotatable bonds is 3. The molecule has 2 N–H and O–H groups in total. The number of H-pyrrole nitrogens is 1. The summed E-state index contributed by atoms with van der Waals surface area (Å²) < 4.78 is 18.3. The molecule has 0 unspecified atom stereocenters. The first-order valence-electron chi connectivity index (χ1n) is 5.98. The lowest BCUT2D eigenvalue weighted by molar-refractivity contribution is -0.0299. The Hall–Kier alpha value is -1.59. The van der Waals surface area contributed by atoms with Gasteiger partial charge in [0.1, 0.15) is 11.5 Å². The fraction of sp³-hybridized carbons (Fsp3) is 0.308. The van der Waals surface area contributed by atoms with E-state index in [1.807, 2.05) is 0 Å². The molecule has 0 bridgehead atoms. The van der Waals surface area contributed by atoms with Gasteiger partial charge in [-0.1, -0.05) is 11.6 Å². The second-order valence-electron chi connectivity index (χ2n) is 4.62. The summed E-state index contributed by atoms with van der Waals surface area (Å²) >= 11 is 5.86. The van der Waals surface area contributed by atoms with Gasteiger partial charge in [0.25, 0.3) is 5.91 Å². The van der Waals surface area contributed by atoms with Gasteiger partial charge in [0, 0.05) is 23.4 Å². The van der Waals surface area contributed by atoms with Gasteiger partial charge in [-0.25, -0.2) is 4.39 Å². The number of amides is 1. The molecule has 3 rings (SSSR count). The first-order valence-corrected chi connectivity index (χ1v) is 6.35. The molecule has 6 heteroatoms.